The van der Waals surface area contributed by atoms with E-state index in [-0.39, 0.29) is 28.0 Å². The molecular weight excluding hydrogens is 398 g/mol. The van der Waals surface area contributed by atoms with Gasteiger partial charge in [-0.1, -0.05) is 24.3 Å². The molecule has 0 aliphatic carbocycles. The Balaban J connectivity index is 1.71. The van der Waals surface area contributed by atoms with Gasteiger partial charge in [-0.2, -0.15) is 0 Å². The molecule has 0 saturated carbocycles. The topological polar surface area (TPSA) is 75.3 Å². The first-order chi connectivity index (χ1) is 13.8. The fourth-order valence-corrected chi connectivity index (χ4v) is 3.72. The Morgan fingerprint density at radius 2 is 1.52 bits per heavy atom. The van der Waals surface area contributed by atoms with Crippen molar-refractivity contribution in [2.75, 3.05) is 4.72 Å². The first-order valence-electron chi connectivity index (χ1n) is 8.70. The Morgan fingerprint density at radius 1 is 0.897 bits per heavy atom. The molecular formula is C21H18F2N2O3S. The van der Waals surface area contributed by atoms with Crippen LogP contribution in [0.1, 0.15) is 28.9 Å². The summed E-state index contributed by atoms with van der Waals surface area (Å²) in [5.74, 6) is -1.47. The highest BCUT2D eigenvalue weighted by Gasteiger charge is 2.17. The van der Waals surface area contributed by atoms with Gasteiger partial charge in [0.1, 0.15) is 11.6 Å². The molecule has 2 N–H and O–H groups in total. The zero-order chi connectivity index (χ0) is 21.0. The summed E-state index contributed by atoms with van der Waals surface area (Å²) in [5, 5.41) is 2.76. The minimum absolute atomic E-state index is 0.108. The quantitative estimate of drug-likeness (QED) is 0.631. The third kappa shape index (κ3) is 4.97. The highest BCUT2D eigenvalue weighted by atomic mass is 32.2. The van der Waals surface area contributed by atoms with Crippen LogP contribution in [-0.2, 0) is 10.0 Å². The molecule has 0 unspecified atom stereocenters. The van der Waals surface area contributed by atoms with Gasteiger partial charge >= 0.3 is 0 Å². The van der Waals surface area contributed by atoms with Gasteiger partial charge in [0.15, 0.2) is 0 Å². The second-order valence-electron chi connectivity index (χ2n) is 6.36. The van der Waals surface area contributed by atoms with Crippen LogP contribution in [0, 0.1) is 11.6 Å². The average molecular weight is 416 g/mol. The van der Waals surface area contributed by atoms with E-state index < -0.39 is 21.7 Å². The van der Waals surface area contributed by atoms with Gasteiger partial charge in [-0.3, -0.25) is 9.52 Å². The van der Waals surface area contributed by atoms with E-state index in [1.165, 1.54) is 54.6 Å². The van der Waals surface area contributed by atoms with Gasteiger partial charge < -0.3 is 5.32 Å². The molecule has 1 amide bonds. The second kappa shape index (κ2) is 8.40. The molecule has 0 aliphatic heterocycles. The number of carbonyl (C=O) groups excluding carboxylic acids is 1. The van der Waals surface area contributed by atoms with Crippen LogP contribution in [0.2, 0.25) is 0 Å². The molecule has 0 fully saturated rings. The molecule has 3 aromatic rings. The van der Waals surface area contributed by atoms with Crippen LogP contribution in [0.5, 0.6) is 0 Å². The fraction of sp³-hybridized carbons (Fsp3) is 0.0952. The van der Waals surface area contributed by atoms with E-state index in [0.717, 1.165) is 11.6 Å². The predicted octanol–water partition coefficient (Wildman–Crippen LogP) is 4.26. The number of rotatable bonds is 6. The molecule has 0 aromatic heterocycles. The molecule has 150 valence electrons. The first kappa shape index (κ1) is 20.5. The maximum absolute atomic E-state index is 13.7. The molecule has 8 heteroatoms. The summed E-state index contributed by atoms with van der Waals surface area (Å²) in [6.45, 7) is 1.75. The number of para-hydroxylation sites is 1. The largest absolute Gasteiger partial charge is 0.346 e. The van der Waals surface area contributed by atoms with Crippen molar-refractivity contribution >= 4 is 21.6 Å². The van der Waals surface area contributed by atoms with Crippen LogP contribution >= 0.6 is 0 Å². The van der Waals surface area contributed by atoms with Gasteiger partial charge in [0.25, 0.3) is 15.9 Å². The molecule has 0 aliphatic rings. The van der Waals surface area contributed by atoms with E-state index in [1.807, 2.05) is 0 Å². The van der Waals surface area contributed by atoms with E-state index in [9.17, 15) is 22.0 Å². The number of hydrogen-bond acceptors (Lipinski definition) is 3. The second-order valence-corrected chi connectivity index (χ2v) is 8.04. The number of hydrogen-bond donors (Lipinski definition) is 2. The summed E-state index contributed by atoms with van der Waals surface area (Å²) < 4.78 is 53.7. The molecule has 0 saturated heterocycles. The van der Waals surface area contributed by atoms with Crippen molar-refractivity contribution in [2.24, 2.45) is 0 Å². The van der Waals surface area contributed by atoms with Crippen LogP contribution in [0.25, 0.3) is 0 Å². The average Bonchev–Trinajstić information content (AvgIpc) is 2.70. The number of benzene rings is 3. The number of nitrogens with one attached hydrogen (secondary N) is 2. The number of halogens is 2. The normalized spacial score (nSPS) is 12.2. The SMILES string of the molecule is C[C@H](NC(=O)c1ccc(S(=O)(=O)Nc2ccccc2F)cc1)c1ccc(F)cc1. The van der Waals surface area contributed by atoms with Gasteiger partial charge in [-0.25, -0.2) is 17.2 Å². The molecule has 29 heavy (non-hydrogen) atoms. The van der Waals surface area contributed by atoms with Crippen molar-refractivity contribution < 1.29 is 22.0 Å². The molecule has 3 aromatic carbocycles. The summed E-state index contributed by atoms with van der Waals surface area (Å²) in [4.78, 5) is 12.3. The predicted molar refractivity (Wildman–Crippen MR) is 106 cm³/mol. The highest BCUT2D eigenvalue weighted by Crippen LogP contribution is 2.20. The van der Waals surface area contributed by atoms with Gasteiger partial charge in [0, 0.05) is 5.56 Å². The summed E-state index contributed by atoms with van der Waals surface area (Å²) in [6, 6.07) is 16.1. The lowest BCUT2D eigenvalue weighted by molar-refractivity contribution is 0.0940. The summed E-state index contributed by atoms with van der Waals surface area (Å²) >= 11 is 0. The Labute approximate surface area is 167 Å². The van der Waals surface area contributed by atoms with Crippen molar-refractivity contribution in [3.63, 3.8) is 0 Å². The van der Waals surface area contributed by atoms with Crippen molar-refractivity contribution in [1.29, 1.82) is 0 Å². The third-order valence-electron chi connectivity index (χ3n) is 4.26. The van der Waals surface area contributed by atoms with Crippen molar-refractivity contribution in [1.82, 2.24) is 5.32 Å². The summed E-state index contributed by atoms with van der Waals surface area (Å²) in [5.41, 5.74) is 0.819. The molecule has 0 spiro atoms. The molecule has 0 heterocycles. The molecule has 1 atom stereocenters. The van der Waals surface area contributed by atoms with Crippen molar-refractivity contribution in [3.05, 3.63) is 95.6 Å². The van der Waals surface area contributed by atoms with Gasteiger partial charge in [-0.15, -0.1) is 0 Å². The van der Waals surface area contributed by atoms with E-state index in [1.54, 1.807) is 19.1 Å². The molecule has 3 rings (SSSR count). The molecule has 5 nitrogen and oxygen atoms in total. The zero-order valence-corrected chi connectivity index (χ0v) is 16.2. The third-order valence-corrected chi connectivity index (χ3v) is 5.64. The standard InChI is InChI=1S/C21H18F2N2O3S/c1-14(15-6-10-17(22)11-7-15)24-21(26)16-8-12-18(13-9-16)29(27,28)25-20-5-3-2-4-19(20)23/h2-14,25H,1H3,(H,24,26)/t14-/m0/s1. The van der Waals surface area contributed by atoms with Gasteiger partial charge in [0.2, 0.25) is 0 Å². The van der Waals surface area contributed by atoms with Gasteiger partial charge in [0.05, 0.1) is 16.6 Å². The maximum Gasteiger partial charge on any atom is 0.261 e. The Bertz CT molecular complexity index is 1120. The zero-order valence-electron chi connectivity index (χ0n) is 15.4. The van der Waals surface area contributed by atoms with Crippen LogP contribution in [-0.4, -0.2) is 14.3 Å². The monoisotopic (exact) mass is 416 g/mol. The number of carbonyl (C=O) groups is 1. The molecule has 0 radical (unpaired) electrons. The van der Waals surface area contributed by atoms with Crippen LogP contribution < -0.4 is 10.0 Å². The van der Waals surface area contributed by atoms with E-state index in [0.29, 0.717) is 0 Å². The minimum atomic E-state index is -4.01. The van der Waals surface area contributed by atoms with E-state index in [2.05, 4.69) is 10.0 Å². The Morgan fingerprint density at radius 3 is 2.14 bits per heavy atom. The van der Waals surface area contributed by atoms with Crippen molar-refractivity contribution in [2.45, 2.75) is 17.9 Å². The number of anilines is 1. The van der Waals surface area contributed by atoms with Crippen LogP contribution in [0.4, 0.5) is 14.5 Å². The van der Waals surface area contributed by atoms with Crippen LogP contribution in [0.15, 0.2) is 77.7 Å². The Kier molecular flexibility index (Phi) is 5.93. The minimum Gasteiger partial charge on any atom is -0.346 e. The number of sulfonamides is 1. The fourth-order valence-electron chi connectivity index (χ4n) is 2.65. The Hall–Kier alpha value is -3.26. The van der Waals surface area contributed by atoms with Gasteiger partial charge in [-0.05, 0) is 61.0 Å². The molecule has 0 bridgehead atoms. The highest BCUT2D eigenvalue weighted by molar-refractivity contribution is 7.92. The summed E-state index contributed by atoms with van der Waals surface area (Å²) in [7, 11) is -4.01. The lowest BCUT2D eigenvalue weighted by Gasteiger charge is -2.15. The maximum atomic E-state index is 13.7. The van der Waals surface area contributed by atoms with E-state index >= 15 is 0 Å². The first-order valence-corrected chi connectivity index (χ1v) is 10.2. The lowest BCUT2D eigenvalue weighted by atomic mass is 10.1. The number of amides is 1. The van der Waals surface area contributed by atoms with E-state index in [4.69, 9.17) is 0 Å². The summed E-state index contributed by atoms with van der Waals surface area (Å²) in [6.07, 6.45) is 0. The van der Waals surface area contributed by atoms with Crippen LogP contribution in [0.3, 0.4) is 0 Å². The smallest absolute Gasteiger partial charge is 0.261 e. The van der Waals surface area contributed by atoms with Crippen molar-refractivity contribution in [3.8, 4) is 0 Å². The lowest BCUT2D eigenvalue weighted by Crippen LogP contribution is -2.26.